The molecule has 2 heterocycles. The third-order valence-electron chi connectivity index (χ3n) is 3.41. The average molecular weight is 302 g/mol. The fourth-order valence-corrected chi connectivity index (χ4v) is 4.75. The van der Waals surface area contributed by atoms with Crippen LogP contribution in [0.3, 0.4) is 0 Å². The number of sulfonamides is 1. The Hall–Kier alpha value is -0.920. The maximum Gasteiger partial charge on any atom is 0.261 e. The van der Waals surface area contributed by atoms with Crippen LogP contribution in [0.4, 0.5) is 0 Å². The van der Waals surface area contributed by atoms with Crippen LogP contribution in [-0.2, 0) is 10.0 Å². The molecule has 1 fully saturated rings. The van der Waals surface area contributed by atoms with Gasteiger partial charge in [-0.25, -0.2) is 8.42 Å². The lowest BCUT2D eigenvalue weighted by Crippen LogP contribution is -2.37. The summed E-state index contributed by atoms with van der Waals surface area (Å²) in [7, 11) is -1.91. The van der Waals surface area contributed by atoms with Gasteiger partial charge in [0, 0.05) is 25.5 Å². The Balaban J connectivity index is 2.20. The van der Waals surface area contributed by atoms with Crippen molar-refractivity contribution in [1.82, 2.24) is 9.62 Å². The standard InChI is InChI=1S/C12H18N2O3S2/c1-9-3-5-14(6-4-9)19(16,17)10-7-11(18-8-10)12(15)13-2/h7-9H,3-6H2,1-2H3,(H,13,15). The Bertz CT molecular complexity index is 557. The quantitative estimate of drug-likeness (QED) is 0.921. The van der Waals surface area contributed by atoms with Crippen LogP contribution in [0.1, 0.15) is 29.4 Å². The average Bonchev–Trinajstić information content (AvgIpc) is 2.88. The summed E-state index contributed by atoms with van der Waals surface area (Å²) in [5.41, 5.74) is 0. The van der Waals surface area contributed by atoms with E-state index in [1.807, 2.05) is 0 Å². The van der Waals surface area contributed by atoms with Crippen LogP contribution in [0.2, 0.25) is 0 Å². The summed E-state index contributed by atoms with van der Waals surface area (Å²) in [4.78, 5) is 12.1. The van der Waals surface area contributed by atoms with E-state index in [4.69, 9.17) is 0 Å². The van der Waals surface area contributed by atoms with E-state index in [1.54, 1.807) is 0 Å². The smallest absolute Gasteiger partial charge is 0.261 e. The van der Waals surface area contributed by atoms with E-state index in [0.29, 0.717) is 23.9 Å². The molecule has 2 rings (SSSR count). The second-order valence-electron chi connectivity index (χ2n) is 4.81. The van der Waals surface area contributed by atoms with E-state index in [2.05, 4.69) is 12.2 Å². The highest BCUT2D eigenvalue weighted by Crippen LogP contribution is 2.26. The highest BCUT2D eigenvalue weighted by Gasteiger charge is 2.29. The van der Waals surface area contributed by atoms with Crippen LogP contribution < -0.4 is 5.32 Å². The topological polar surface area (TPSA) is 66.5 Å². The summed E-state index contributed by atoms with van der Waals surface area (Å²) < 4.78 is 26.4. The Kier molecular flexibility index (Phi) is 4.27. The van der Waals surface area contributed by atoms with Crippen molar-refractivity contribution in [2.75, 3.05) is 20.1 Å². The number of carbonyl (C=O) groups is 1. The van der Waals surface area contributed by atoms with Crippen LogP contribution in [-0.4, -0.2) is 38.8 Å². The highest BCUT2D eigenvalue weighted by molar-refractivity contribution is 7.89. The van der Waals surface area contributed by atoms with Gasteiger partial charge in [-0.3, -0.25) is 4.79 Å². The number of hydrogen-bond donors (Lipinski definition) is 1. The van der Waals surface area contributed by atoms with Crippen molar-refractivity contribution in [2.45, 2.75) is 24.7 Å². The number of carbonyl (C=O) groups excluding carboxylic acids is 1. The second-order valence-corrected chi connectivity index (χ2v) is 7.66. The molecule has 1 saturated heterocycles. The number of hydrogen-bond acceptors (Lipinski definition) is 4. The summed E-state index contributed by atoms with van der Waals surface area (Å²) in [6, 6.07) is 1.46. The number of thiophene rings is 1. The number of amides is 1. The van der Waals surface area contributed by atoms with Crippen LogP contribution in [0.15, 0.2) is 16.3 Å². The summed E-state index contributed by atoms with van der Waals surface area (Å²) in [5, 5.41) is 4.03. The van der Waals surface area contributed by atoms with Crippen LogP contribution in [0.5, 0.6) is 0 Å². The van der Waals surface area contributed by atoms with Crippen molar-refractivity contribution in [3.05, 3.63) is 16.3 Å². The molecule has 0 bridgehead atoms. The van der Waals surface area contributed by atoms with Crippen molar-refractivity contribution in [3.63, 3.8) is 0 Å². The van der Waals surface area contributed by atoms with E-state index in [0.717, 1.165) is 24.2 Å². The second kappa shape index (κ2) is 5.60. The Labute approximate surface area is 117 Å². The number of nitrogens with one attached hydrogen (secondary N) is 1. The Morgan fingerprint density at radius 1 is 1.42 bits per heavy atom. The molecule has 5 nitrogen and oxygen atoms in total. The van der Waals surface area contributed by atoms with E-state index < -0.39 is 10.0 Å². The summed E-state index contributed by atoms with van der Waals surface area (Å²) in [6.07, 6.45) is 1.79. The van der Waals surface area contributed by atoms with E-state index in [9.17, 15) is 13.2 Å². The van der Waals surface area contributed by atoms with Gasteiger partial charge in [0.05, 0.1) is 9.77 Å². The van der Waals surface area contributed by atoms with E-state index in [-0.39, 0.29) is 10.8 Å². The highest BCUT2D eigenvalue weighted by atomic mass is 32.2. The molecule has 1 N–H and O–H groups in total. The number of piperidine rings is 1. The summed E-state index contributed by atoms with van der Waals surface area (Å²) in [6.45, 7) is 3.27. The number of rotatable bonds is 3. The van der Waals surface area contributed by atoms with Crippen LogP contribution in [0, 0.1) is 5.92 Å². The molecule has 1 aromatic heterocycles. The molecule has 0 spiro atoms. The van der Waals surface area contributed by atoms with Crippen molar-refractivity contribution in [2.24, 2.45) is 5.92 Å². The molecule has 0 aromatic carbocycles. The van der Waals surface area contributed by atoms with Gasteiger partial charge in [0.25, 0.3) is 5.91 Å². The molecule has 7 heteroatoms. The molecule has 0 atom stereocenters. The molecule has 0 aliphatic carbocycles. The minimum atomic E-state index is -3.44. The molecule has 19 heavy (non-hydrogen) atoms. The van der Waals surface area contributed by atoms with Crippen molar-refractivity contribution >= 4 is 27.3 Å². The van der Waals surface area contributed by atoms with Gasteiger partial charge in [0.1, 0.15) is 0 Å². The van der Waals surface area contributed by atoms with Gasteiger partial charge in [-0.2, -0.15) is 4.31 Å². The molecular formula is C12H18N2O3S2. The van der Waals surface area contributed by atoms with Gasteiger partial charge < -0.3 is 5.32 Å². The van der Waals surface area contributed by atoms with Gasteiger partial charge in [-0.15, -0.1) is 11.3 Å². The van der Waals surface area contributed by atoms with Crippen molar-refractivity contribution in [1.29, 1.82) is 0 Å². The summed E-state index contributed by atoms with van der Waals surface area (Å²) in [5.74, 6) is 0.328. The fourth-order valence-electron chi connectivity index (χ4n) is 2.07. The van der Waals surface area contributed by atoms with Gasteiger partial charge in [0.15, 0.2) is 0 Å². The van der Waals surface area contributed by atoms with Gasteiger partial charge >= 0.3 is 0 Å². The van der Waals surface area contributed by atoms with Gasteiger partial charge in [-0.1, -0.05) is 6.92 Å². The SMILES string of the molecule is CNC(=O)c1cc(S(=O)(=O)N2CCC(C)CC2)cs1. The van der Waals surface area contributed by atoms with Crippen LogP contribution >= 0.6 is 11.3 Å². The molecule has 1 amide bonds. The lowest BCUT2D eigenvalue weighted by Gasteiger charge is -2.29. The van der Waals surface area contributed by atoms with Crippen molar-refractivity contribution < 1.29 is 13.2 Å². The Morgan fingerprint density at radius 3 is 2.63 bits per heavy atom. The first-order valence-electron chi connectivity index (χ1n) is 6.26. The zero-order chi connectivity index (χ0) is 14.0. The predicted octanol–water partition coefficient (Wildman–Crippen LogP) is 1.53. The first-order chi connectivity index (χ1) is 8.95. The zero-order valence-corrected chi connectivity index (χ0v) is 12.7. The van der Waals surface area contributed by atoms with Crippen LogP contribution in [0.25, 0.3) is 0 Å². The Morgan fingerprint density at radius 2 is 2.05 bits per heavy atom. The minimum absolute atomic E-state index is 0.227. The molecule has 0 radical (unpaired) electrons. The minimum Gasteiger partial charge on any atom is -0.354 e. The number of nitrogens with zero attached hydrogens (tertiary/aromatic N) is 1. The molecule has 1 aliphatic heterocycles. The maximum atomic E-state index is 12.4. The first kappa shape index (κ1) is 14.5. The largest absolute Gasteiger partial charge is 0.354 e. The first-order valence-corrected chi connectivity index (χ1v) is 8.58. The molecule has 1 aliphatic rings. The molecule has 1 aromatic rings. The summed E-state index contributed by atoms with van der Waals surface area (Å²) >= 11 is 1.16. The lowest BCUT2D eigenvalue weighted by molar-refractivity contribution is 0.0967. The van der Waals surface area contributed by atoms with Crippen molar-refractivity contribution in [3.8, 4) is 0 Å². The monoisotopic (exact) mass is 302 g/mol. The molecule has 0 saturated carbocycles. The van der Waals surface area contributed by atoms with Gasteiger partial charge in [-0.05, 0) is 24.8 Å². The maximum absolute atomic E-state index is 12.4. The molecule has 106 valence electrons. The third kappa shape index (κ3) is 2.98. The normalized spacial score (nSPS) is 18.4. The fraction of sp³-hybridized carbons (Fsp3) is 0.583. The zero-order valence-electron chi connectivity index (χ0n) is 11.0. The van der Waals surface area contributed by atoms with Gasteiger partial charge in [0.2, 0.25) is 10.0 Å². The molecule has 0 unspecified atom stereocenters. The lowest BCUT2D eigenvalue weighted by atomic mass is 10.0. The molecular weight excluding hydrogens is 284 g/mol. The third-order valence-corrected chi connectivity index (χ3v) is 6.36. The van der Waals surface area contributed by atoms with E-state index in [1.165, 1.54) is 22.8 Å². The van der Waals surface area contributed by atoms with E-state index >= 15 is 0 Å². The predicted molar refractivity (Wildman–Crippen MR) is 74.9 cm³/mol.